The van der Waals surface area contributed by atoms with Crippen LogP contribution in [0.25, 0.3) is 0 Å². The molecule has 3 fully saturated rings. The molecule has 0 aromatic carbocycles. The van der Waals surface area contributed by atoms with Gasteiger partial charge in [0.15, 0.2) is 9.84 Å². The minimum atomic E-state index is -2.80. The summed E-state index contributed by atoms with van der Waals surface area (Å²) in [4.78, 5) is 2.52. The van der Waals surface area contributed by atoms with Crippen LogP contribution in [0.4, 0.5) is 0 Å². The maximum Gasteiger partial charge on any atom is 0.152 e. The molecule has 4 nitrogen and oxygen atoms in total. The van der Waals surface area contributed by atoms with E-state index in [1.54, 1.807) is 0 Å². The van der Waals surface area contributed by atoms with E-state index in [1.807, 2.05) is 0 Å². The molecule has 3 aliphatic heterocycles. The lowest BCUT2D eigenvalue weighted by atomic mass is 9.93. The van der Waals surface area contributed by atoms with E-state index in [0.29, 0.717) is 29.6 Å². The third-order valence-electron chi connectivity index (χ3n) is 5.15. The van der Waals surface area contributed by atoms with Crippen LogP contribution in [0.2, 0.25) is 0 Å². The zero-order valence-electron chi connectivity index (χ0n) is 11.4. The molecule has 3 atom stereocenters. The number of piperidine rings is 1. The van der Waals surface area contributed by atoms with Gasteiger partial charge in [-0.1, -0.05) is 0 Å². The highest BCUT2D eigenvalue weighted by atomic mass is 32.2. The number of nitrogens with one attached hydrogen (secondary N) is 1. The molecule has 0 radical (unpaired) electrons. The fourth-order valence-corrected chi connectivity index (χ4v) is 6.25. The highest BCUT2D eigenvalue weighted by Gasteiger charge is 2.43. The Bertz CT molecular complexity index is 422. The minimum absolute atomic E-state index is 0.182. The molecular formula is C13H24N2O2S. The van der Waals surface area contributed by atoms with Gasteiger partial charge in [-0.3, -0.25) is 0 Å². The molecule has 0 saturated carbocycles. The summed E-state index contributed by atoms with van der Waals surface area (Å²) in [6.07, 6.45) is 5.77. The van der Waals surface area contributed by atoms with Gasteiger partial charge in [0.2, 0.25) is 0 Å². The van der Waals surface area contributed by atoms with Gasteiger partial charge in [-0.15, -0.1) is 0 Å². The second kappa shape index (κ2) is 4.18. The SMILES string of the molecule is CN1C2CCC1CC(NC1(C)CCS(=O)(=O)C1)C2. The lowest BCUT2D eigenvalue weighted by Crippen LogP contribution is -2.54. The molecule has 2 bridgehead atoms. The molecule has 18 heavy (non-hydrogen) atoms. The Morgan fingerprint density at radius 2 is 1.83 bits per heavy atom. The maximum absolute atomic E-state index is 11.6. The summed E-state index contributed by atoms with van der Waals surface area (Å²) in [5, 5.41) is 3.67. The number of nitrogens with zero attached hydrogens (tertiary/aromatic N) is 1. The van der Waals surface area contributed by atoms with E-state index in [9.17, 15) is 8.42 Å². The normalized spacial score (nSPS) is 47.6. The summed E-state index contributed by atoms with van der Waals surface area (Å²) < 4.78 is 23.3. The summed E-state index contributed by atoms with van der Waals surface area (Å²) in [6, 6.07) is 1.93. The standard InChI is InChI=1S/C13H24N2O2S/c1-13(5-6-18(16,17)9-13)14-10-7-11-3-4-12(8-10)15(11)2/h10-12,14H,3-9H2,1-2H3. The molecule has 3 aliphatic rings. The first-order valence-electron chi connectivity index (χ1n) is 7.07. The second-order valence-corrected chi connectivity index (χ2v) is 8.95. The van der Waals surface area contributed by atoms with Crippen LogP contribution in [0.3, 0.4) is 0 Å². The average molecular weight is 272 g/mol. The highest BCUT2D eigenvalue weighted by Crippen LogP contribution is 2.35. The van der Waals surface area contributed by atoms with Crippen LogP contribution in [-0.4, -0.2) is 55.5 Å². The van der Waals surface area contributed by atoms with Crippen LogP contribution < -0.4 is 5.32 Å². The Morgan fingerprint density at radius 1 is 1.22 bits per heavy atom. The molecule has 104 valence electrons. The molecule has 0 aromatic rings. The van der Waals surface area contributed by atoms with E-state index < -0.39 is 9.84 Å². The molecule has 3 saturated heterocycles. The first-order valence-corrected chi connectivity index (χ1v) is 8.89. The average Bonchev–Trinajstić information content (AvgIpc) is 2.64. The van der Waals surface area contributed by atoms with E-state index in [2.05, 4.69) is 24.2 Å². The Kier molecular flexibility index (Phi) is 2.99. The van der Waals surface area contributed by atoms with Crippen LogP contribution in [0, 0.1) is 0 Å². The van der Waals surface area contributed by atoms with Crippen LogP contribution in [-0.2, 0) is 9.84 Å². The van der Waals surface area contributed by atoms with Gasteiger partial charge in [-0.2, -0.15) is 0 Å². The molecule has 1 N–H and O–H groups in total. The summed E-state index contributed by atoms with van der Waals surface area (Å²) in [5.74, 6) is 0.678. The molecule has 5 heteroatoms. The predicted molar refractivity (Wildman–Crippen MR) is 72.4 cm³/mol. The second-order valence-electron chi connectivity index (χ2n) is 6.77. The smallest absolute Gasteiger partial charge is 0.152 e. The molecule has 3 rings (SSSR count). The van der Waals surface area contributed by atoms with Crippen molar-refractivity contribution in [1.82, 2.24) is 10.2 Å². The molecule has 3 unspecified atom stereocenters. The summed E-state index contributed by atoms with van der Waals surface area (Å²) >= 11 is 0. The van der Waals surface area contributed by atoms with Crippen molar-refractivity contribution < 1.29 is 8.42 Å². The van der Waals surface area contributed by atoms with Gasteiger partial charge in [0.1, 0.15) is 0 Å². The van der Waals surface area contributed by atoms with E-state index >= 15 is 0 Å². The summed E-state index contributed by atoms with van der Waals surface area (Å²) in [6.45, 7) is 2.08. The quantitative estimate of drug-likeness (QED) is 0.807. The largest absolute Gasteiger partial charge is 0.308 e. The van der Waals surface area contributed by atoms with Crippen molar-refractivity contribution in [2.75, 3.05) is 18.6 Å². The van der Waals surface area contributed by atoms with Crippen LogP contribution in [0.15, 0.2) is 0 Å². The van der Waals surface area contributed by atoms with Crippen molar-refractivity contribution in [3.8, 4) is 0 Å². The zero-order chi connectivity index (χ0) is 13.0. The Hall–Kier alpha value is -0.130. The van der Waals surface area contributed by atoms with Gasteiger partial charge in [-0.05, 0) is 46.1 Å². The Labute approximate surface area is 110 Å². The number of fused-ring (bicyclic) bond motifs is 2. The molecule has 3 heterocycles. The van der Waals surface area contributed by atoms with Crippen LogP contribution >= 0.6 is 0 Å². The van der Waals surface area contributed by atoms with Gasteiger partial charge in [-0.25, -0.2) is 8.42 Å². The van der Waals surface area contributed by atoms with Crippen LogP contribution in [0.5, 0.6) is 0 Å². The third-order valence-corrected chi connectivity index (χ3v) is 7.06. The highest BCUT2D eigenvalue weighted by molar-refractivity contribution is 7.91. The third kappa shape index (κ3) is 2.32. The number of rotatable bonds is 2. The fraction of sp³-hybridized carbons (Fsp3) is 1.00. The van der Waals surface area contributed by atoms with E-state index in [1.165, 1.54) is 25.7 Å². The first kappa shape index (κ1) is 12.9. The lowest BCUT2D eigenvalue weighted by molar-refractivity contribution is 0.134. The molecule has 0 amide bonds. The van der Waals surface area contributed by atoms with Crippen molar-refractivity contribution in [2.45, 2.75) is 62.7 Å². The van der Waals surface area contributed by atoms with Crippen LogP contribution in [0.1, 0.15) is 39.0 Å². The van der Waals surface area contributed by atoms with Gasteiger partial charge in [0, 0.05) is 23.7 Å². The topological polar surface area (TPSA) is 49.4 Å². The number of sulfone groups is 1. The van der Waals surface area contributed by atoms with Gasteiger partial charge in [0.05, 0.1) is 11.5 Å². The maximum atomic E-state index is 11.6. The van der Waals surface area contributed by atoms with Gasteiger partial charge >= 0.3 is 0 Å². The Balaban J connectivity index is 1.65. The monoisotopic (exact) mass is 272 g/mol. The fourth-order valence-electron chi connectivity index (χ4n) is 4.15. The minimum Gasteiger partial charge on any atom is -0.308 e. The van der Waals surface area contributed by atoms with Crippen molar-refractivity contribution in [2.24, 2.45) is 0 Å². The number of hydrogen-bond donors (Lipinski definition) is 1. The lowest BCUT2D eigenvalue weighted by Gasteiger charge is -2.40. The van der Waals surface area contributed by atoms with E-state index in [-0.39, 0.29) is 5.54 Å². The molecule has 0 aromatic heterocycles. The predicted octanol–water partition coefficient (Wildman–Crippen LogP) is 0.778. The van der Waals surface area contributed by atoms with Crippen molar-refractivity contribution >= 4 is 9.84 Å². The van der Waals surface area contributed by atoms with Gasteiger partial charge in [0.25, 0.3) is 0 Å². The van der Waals surface area contributed by atoms with E-state index in [0.717, 1.165) is 6.42 Å². The molecular weight excluding hydrogens is 248 g/mol. The van der Waals surface area contributed by atoms with Gasteiger partial charge < -0.3 is 10.2 Å². The number of hydrogen-bond acceptors (Lipinski definition) is 4. The zero-order valence-corrected chi connectivity index (χ0v) is 12.2. The summed E-state index contributed by atoms with van der Waals surface area (Å²) in [5.41, 5.74) is -0.182. The summed E-state index contributed by atoms with van der Waals surface area (Å²) in [7, 11) is -0.563. The van der Waals surface area contributed by atoms with Crippen molar-refractivity contribution in [3.63, 3.8) is 0 Å². The molecule has 0 aliphatic carbocycles. The van der Waals surface area contributed by atoms with Crippen molar-refractivity contribution in [1.29, 1.82) is 0 Å². The Morgan fingerprint density at radius 3 is 2.33 bits per heavy atom. The first-order chi connectivity index (χ1) is 8.37. The molecule has 0 spiro atoms. The van der Waals surface area contributed by atoms with E-state index in [4.69, 9.17) is 0 Å². The van der Waals surface area contributed by atoms with Crippen molar-refractivity contribution in [3.05, 3.63) is 0 Å².